The molecule has 1 atom stereocenters. The maximum Gasteiger partial charge on any atom is 0.144 e. The van der Waals surface area contributed by atoms with Gasteiger partial charge in [-0.25, -0.2) is 5.43 Å². The maximum absolute atomic E-state index is 9.22. The number of nitrogens with zero attached hydrogens (tertiary/aromatic N) is 2. The second kappa shape index (κ2) is 4.88. The predicted octanol–water partition coefficient (Wildman–Crippen LogP) is 2.67. The lowest BCUT2D eigenvalue weighted by Crippen LogP contribution is -2.44. The summed E-state index contributed by atoms with van der Waals surface area (Å²) < 4.78 is 6.65. The van der Waals surface area contributed by atoms with Crippen molar-refractivity contribution in [1.29, 1.82) is 5.26 Å². The molecule has 1 aromatic rings. The van der Waals surface area contributed by atoms with Crippen molar-refractivity contribution in [2.24, 2.45) is 0 Å². The Balaban J connectivity index is 1.95. The van der Waals surface area contributed by atoms with Crippen LogP contribution in [0.25, 0.3) is 0 Å². The van der Waals surface area contributed by atoms with Gasteiger partial charge >= 0.3 is 0 Å². The van der Waals surface area contributed by atoms with Crippen molar-refractivity contribution in [3.8, 4) is 6.07 Å². The fourth-order valence-electron chi connectivity index (χ4n) is 2.57. The first-order valence-electron chi connectivity index (χ1n) is 6.17. The molecule has 1 unspecified atom stereocenters. The van der Waals surface area contributed by atoms with Crippen LogP contribution in [0, 0.1) is 11.3 Å². The number of hydrogen-bond acceptors (Lipinski definition) is 4. The van der Waals surface area contributed by atoms with E-state index in [0.29, 0.717) is 6.54 Å². The fourth-order valence-corrected chi connectivity index (χ4v) is 3.03. The first-order chi connectivity index (χ1) is 8.81. The smallest absolute Gasteiger partial charge is 0.144 e. The molecule has 4 nitrogen and oxygen atoms in total. The molecule has 3 rings (SSSR count). The molecular formula is C13H14BrN3O. The largest absolute Gasteiger partial charge is 0.357 e. The Kier molecular flexibility index (Phi) is 3.25. The third-order valence-electron chi connectivity index (χ3n) is 3.48. The zero-order valence-corrected chi connectivity index (χ0v) is 11.5. The lowest BCUT2D eigenvalue weighted by Gasteiger charge is -2.32. The molecule has 0 spiro atoms. The van der Waals surface area contributed by atoms with Crippen molar-refractivity contribution < 1.29 is 4.74 Å². The zero-order valence-electron chi connectivity index (χ0n) is 9.95. The summed E-state index contributed by atoms with van der Waals surface area (Å²) in [5.74, 6) is 0. The van der Waals surface area contributed by atoms with E-state index in [4.69, 9.17) is 4.74 Å². The number of hydrazine groups is 1. The number of hydrogen-bond donors (Lipinski definition) is 1. The molecule has 2 aliphatic heterocycles. The van der Waals surface area contributed by atoms with Crippen LogP contribution in [0.5, 0.6) is 0 Å². The Morgan fingerprint density at radius 3 is 3.06 bits per heavy atom. The number of benzene rings is 1. The molecule has 0 bridgehead atoms. The van der Waals surface area contributed by atoms with Crippen LogP contribution in [0.1, 0.15) is 30.4 Å². The second-order valence-corrected chi connectivity index (χ2v) is 5.41. The summed E-state index contributed by atoms with van der Waals surface area (Å²) in [5.41, 5.74) is 6.18. The highest BCUT2D eigenvalue weighted by atomic mass is 79.9. The van der Waals surface area contributed by atoms with E-state index in [-0.39, 0.29) is 6.23 Å². The van der Waals surface area contributed by atoms with E-state index < -0.39 is 0 Å². The Hall–Kier alpha value is -1.09. The Labute approximate surface area is 115 Å². The van der Waals surface area contributed by atoms with E-state index in [2.05, 4.69) is 32.4 Å². The van der Waals surface area contributed by atoms with Gasteiger partial charge in [0.2, 0.25) is 0 Å². The summed E-state index contributed by atoms with van der Waals surface area (Å²) in [6.07, 6.45) is 3.46. The summed E-state index contributed by atoms with van der Waals surface area (Å²) in [4.78, 5) is 0. The van der Waals surface area contributed by atoms with Crippen LogP contribution < -0.4 is 10.4 Å². The lowest BCUT2D eigenvalue weighted by atomic mass is 10.1. The molecule has 1 saturated heterocycles. The molecule has 1 fully saturated rings. The van der Waals surface area contributed by atoms with E-state index >= 15 is 0 Å². The highest BCUT2D eigenvalue weighted by Gasteiger charge is 2.30. The van der Waals surface area contributed by atoms with Gasteiger partial charge in [-0.15, -0.1) is 0 Å². The topological polar surface area (TPSA) is 48.3 Å². The third-order valence-corrected chi connectivity index (χ3v) is 4.14. The molecule has 0 radical (unpaired) electrons. The van der Waals surface area contributed by atoms with Crippen LogP contribution in [0.4, 0.5) is 5.69 Å². The minimum Gasteiger partial charge on any atom is -0.357 e. The van der Waals surface area contributed by atoms with Crippen LogP contribution in [0.2, 0.25) is 0 Å². The van der Waals surface area contributed by atoms with Crippen LogP contribution >= 0.6 is 15.9 Å². The van der Waals surface area contributed by atoms with E-state index in [1.54, 1.807) is 0 Å². The van der Waals surface area contributed by atoms with Crippen LogP contribution in [-0.2, 0) is 11.3 Å². The molecule has 0 saturated carbocycles. The van der Waals surface area contributed by atoms with Crippen molar-refractivity contribution in [2.75, 3.05) is 11.6 Å². The number of rotatable bonds is 1. The van der Waals surface area contributed by atoms with Gasteiger partial charge in [0.15, 0.2) is 0 Å². The first kappa shape index (κ1) is 12.0. The van der Waals surface area contributed by atoms with Gasteiger partial charge in [0.25, 0.3) is 0 Å². The third kappa shape index (κ3) is 1.91. The van der Waals surface area contributed by atoms with Gasteiger partial charge < -0.3 is 4.74 Å². The van der Waals surface area contributed by atoms with Crippen molar-refractivity contribution in [2.45, 2.75) is 32.0 Å². The Morgan fingerprint density at radius 1 is 1.44 bits per heavy atom. The van der Waals surface area contributed by atoms with Crippen molar-refractivity contribution >= 4 is 21.6 Å². The van der Waals surface area contributed by atoms with Crippen molar-refractivity contribution in [1.82, 2.24) is 5.43 Å². The second-order valence-electron chi connectivity index (χ2n) is 4.56. The normalized spacial score (nSPS) is 22.7. The van der Waals surface area contributed by atoms with Crippen molar-refractivity contribution in [3.63, 3.8) is 0 Å². The molecule has 0 aromatic heterocycles. The summed E-state index contributed by atoms with van der Waals surface area (Å²) >= 11 is 3.43. The number of nitrogens with one attached hydrogen (secondary N) is 1. The van der Waals surface area contributed by atoms with Gasteiger partial charge in [0.05, 0.1) is 11.3 Å². The SMILES string of the molecule is N#Cc1c(Br)ccc2c1CNN2C1CCCCO1. The summed E-state index contributed by atoms with van der Waals surface area (Å²) in [6.45, 7) is 1.51. The number of halogens is 1. The Morgan fingerprint density at radius 2 is 2.33 bits per heavy atom. The molecule has 0 aliphatic carbocycles. The average Bonchev–Trinajstić information content (AvgIpc) is 2.83. The van der Waals surface area contributed by atoms with Gasteiger partial charge in [0, 0.05) is 23.2 Å². The molecule has 18 heavy (non-hydrogen) atoms. The van der Waals surface area contributed by atoms with Gasteiger partial charge in [-0.05, 0) is 47.3 Å². The van der Waals surface area contributed by atoms with Crippen LogP contribution in [-0.4, -0.2) is 12.8 Å². The van der Waals surface area contributed by atoms with E-state index in [1.807, 2.05) is 12.1 Å². The number of ether oxygens (including phenoxy) is 1. The standard InChI is InChI=1S/C13H14BrN3O/c14-11-4-5-12-10(9(11)7-15)8-16-17(12)13-3-1-2-6-18-13/h4-5,13,16H,1-3,6,8H2. The molecule has 94 valence electrons. The quantitative estimate of drug-likeness (QED) is 0.866. The molecule has 2 heterocycles. The predicted molar refractivity (Wildman–Crippen MR) is 71.8 cm³/mol. The average molecular weight is 308 g/mol. The minimum absolute atomic E-state index is 0.0905. The summed E-state index contributed by atoms with van der Waals surface area (Å²) in [7, 11) is 0. The summed E-state index contributed by atoms with van der Waals surface area (Å²) in [5, 5.41) is 11.3. The number of fused-ring (bicyclic) bond motifs is 1. The first-order valence-corrected chi connectivity index (χ1v) is 6.96. The summed E-state index contributed by atoms with van der Waals surface area (Å²) in [6, 6.07) is 6.24. The van der Waals surface area contributed by atoms with E-state index in [0.717, 1.165) is 40.7 Å². The lowest BCUT2D eigenvalue weighted by molar-refractivity contribution is 0.00928. The maximum atomic E-state index is 9.22. The highest BCUT2D eigenvalue weighted by molar-refractivity contribution is 9.10. The zero-order chi connectivity index (χ0) is 12.5. The van der Waals surface area contributed by atoms with Gasteiger partial charge in [-0.1, -0.05) is 0 Å². The number of nitriles is 1. The molecule has 5 heteroatoms. The van der Waals surface area contributed by atoms with Gasteiger partial charge in [0.1, 0.15) is 12.3 Å². The van der Waals surface area contributed by atoms with Crippen LogP contribution in [0.15, 0.2) is 16.6 Å². The molecule has 1 aromatic carbocycles. The van der Waals surface area contributed by atoms with Gasteiger partial charge in [-0.3, -0.25) is 5.01 Å². The highest BCUT2D eigenvalue weighted by Crippen LogP contribution is 2.35. The van der Waals surface area contributed by atoms with E-state index in [9.17, 15) is 5.26 Å². The van der Waals surface area contributed by atoms with E-state index in [1.165, 1.54) is 6.42 Å². The molecular weight excluding hydrogens is 294 g/mol. The number of anilines is 1. The monoisotopic (exact) mass is 307 g/mol. The fraction of sp³-hybridized carbons (Fsp3) is 0.462. The van der Waals surface area contributed by atoms with Crippen molar-refractivity contribution in [3.05, 3.63) is 27.7 Å². The van der Waals surface area contributed by atoms with Gasteiger partial charge in [-0.2, -0.15) is 5.26 Å². The molecule has 1 N–H and O–H groups in total. The van der Waals surface area contributed by atoms with Crippen LogP contribution in [0.3, 0.4) is 0 Å². The molecule has 0 amide bonds. The Bertz CT molecular complexity index is 506. The minimum atomic E-state index is 0.0905. The molecule has 2 aliphatic rings.